The minimum absolute atomic E-state index is 0.371. The van der Waals surface area contributed by atoms with Crippen LogP contribution < -0.4 is 5.32 Å². The van der Waals surface area contributed by atoms with E-state index in [4.69, 9.17) is 0 Å². The van der Waals surface area contributed by atoms with Gasteiger partial charge in [0, 0.05) is 11.8 Å². The first-order chi connectivity index (χ1) is 7.60. The van der Waals surface area contributed by atoms with Gasteiger partial charge in [-0.05, 0) is 31.3 Å². The van der Waals surface area contributed by atoms with Crippen LogP contribution in [0.15, 0.2) is 10.7 Å². The minimum atomic E-state index is -0.877. The molecule has 1 aliphatic carbocycles. The molecule has 1 heterocycles. The van der Waals surface area contributed by atoms with Crippen LogP contribution in [0, 0.1) is 0 Å². The Labute approximate surface area is 102 Å². The van der Waals surface area contributed by atoms with Gasteiger partial charge in [-0.15, -0.1) is 0 Å². The van der Waals surface area contributed by atoms with Crippen molar-refractivity contribution in [2.75, 3.05) is 5.75 Å². The summed E-state index contributed by atoms with van der Waals surface area (Å²) in [6, 6.07) is 0.371. The van der Waals surface area contributed by atoms with Crippen LogP contribution >= 0.6 is 23.3 Å². The van der Waals surface area contributed by atoms with Crippen LogP contribution in [-0.2, 0) is 4.79 Å². The molecule has 0 spiro atoms. The Morgan fingerprint density at radius 3 is 3.06 bits per heavy atom. The Morgan fingerprint density at radius 2 is 2.56 bits per heavy atom. The number of rotatable bonds is 6. The summed E-state index contributed by atoms with van der Waals surface area (Å²) < 4.78 is 4.69. The van der Waals surface area contributed by atoms with Gasteiger partial charge in [0.25, 0.3) is 0 Å². The van der Waals surface area contributed by atoms with Crippen molar-refractivity contribution in [2.45, 2.75) is 35.7 Å². The van der Waals surface area contributed by atoms with E-state index in [1.54, 1.807) is 6.92 Å². The van der Waals surface area contributed by atoms with E-state index < -0.39 is 11.5 Å². The van der Waals surface area contributed by atoms with Crippen molar-refractivity contribution in [3.8, 4) is 0 Å². The Morgan fingerprint density at radius 1 is 1.81 bits per heavy atom. The Bertz CT molecular complexity index is 367. The van der Waals surface area contributed by atoms with Crippen molar-refractivity contribution < 1.29 is 9.90 Å². The molecule has 2 N–H and O–H groups in total. The van der Waals surface area contributed by atoms with Crippen molar-refractivity contribution in [1.29, 1.82) is 0 Å². The van der Waals surface area contributed by atoms with Gasteiger partial charge in [0.15, 0.2) is 4.34 Å². The molecule has 0 radical (unpaired) electrons. The predicted molar refractivity (Wildman–Crippen MR) is 62.8 cm³/mol. The van der Waals surface area contributed by atoms with Crippen LogP contribution in [0.2, 0.25) is 0 Å². The Kier molecular flexibility index (Phi) is 3.46. The van der Waals surface area contributed by atoms with Gasteiger partial charge in [0.1, 0.15) is 11.9 Å². The number of carboxylic acid groups (broad SMARTS) is 1. The standard InChI is InChI=1S/C9H13N3O2S2/c1-9(7(13)14,12-6-2-3-6)4-15-8-10-5-11-16-8/h5-6,12H,2-4H2,1H3,(H,13,14). The summed E-state index contributed by atoms with van der Waals surface area (Å²) in [7, 11) is 0. The van der Waals surface area contributed by atoms with Crippen LogP contribution in [0.3, 0.4) is 0 Å². The number of aromatic nitrogens is 2. The molecule has 2 rings (SSSR count). The van der Waals surface area contributed by atoms with Crippen LogP contribution in [0.25, 0.3) is 0 Å². The molecule has 1 unspecified atom stereocenters. The highest BCUT2D eigenvalue weighted by Crippen LogP contribution is 2.27. The molecule has 0 aromatic carbocycles. The lowest BCUT2D eigenvalue weighted by Gasteiger charge is -2.25. The first-order valence-electron chi connectivity index (χ1n) is 5.01. The van der Waals surface area contributed by atoms with E-state index in [1.165, 1.54) is 29.6 Å². The highest BCUT2D eigenvalue weighted by Gasteiger charge is 2.38. The maximum Gasteiger partial charge on any atom is 0.324 e. The van der Waals surface area contributed by atoms with Crippen LogP contribution in [0.4, 0.5) is 0 Å². The van der Waals surface area contributed by atoms with E-state index >= 15 is 0 Å². The van der Waals surface area contributed by atoms with E-state index in [9.17, 15) is 9.90 Å². The van der Waals surface area contributed by atoms with E-state index in [2.05, 4.69) is 14.7 Å². The topological polar surface area (TPSA) is 75.1 Å². The minimum Gasteiger partial charge on any atom is -0.480 e. The number of nitrogens with zero attached hydrogens (tertiary/aromatic N) is 2. The molecule has 0 amide bonds. The largest absolute Gasteiger partial charge is 0.480 e. The molecule has 1 aliphatic rings. The molecule has 0 saturated heterocycles. The molecule has 5 nitrogen and oxygen atoms in total. The van der Waals surface area contributed by atoms with Gasteiger partial charge in [-0.25, -0.2) is 4.98 Å². The average Bonchev–Trinajstić information content (AvgIpc) is 2.89. The maximum atomic E-state index is 11.2. The summed E-state index contributed by atoms with van der Waals surface area (Å²) in [6.07, 6.45) is 3.64. The SMILES string of the molecule is CC(CSc1ncns1)(NC1CC1)C(=O)O. The summed E-state index contributed by atoms with van der Waals surface area (Å²) in [5.41, 5.74) is -0.877. The van der Waals surface area contributed by atoms with E-state index in [1.807, 2.05) is 0 Å². The summed E-state index contributed by atoms with van der Waals surface area (Å²) >= 11 is 2.72. The Balaban J connectivity index is 1.93. The summed E-state index contributed by atoms with van der Waals surface area (Å²) in [5.74, 6) is -0.343. The highest BCUT2D eigenvalue weighted by atomic mass is 32.2. The lowest BCUT2D eigenvalue weighted by Crippen LogP contribution is -2.52. The van der Waals surface area contributed by atoms with Crippen LogP contribution in [0.1, 0.15) is 19.8 Å². The van der Waals surface area contributed by atoms with E-state index in [-0.39, 0.29) is 0 Å². The fourth-order valence-corrected chi connectivity index (χ4v) is 2.81. The van der Waals surface area contributed by atoms with Gasteiger partial charge in [-0.2, -0.15) is 4.37 Å². The molecular weight excluding hydrogens is 246 g/mol. The van der Waals surface area contributed by atoms with Crippen LogP contribution in [-0.4, -0.2) is 37.8 Å². The predicted octanol–water partition coefficient (Wildman–Crippen LogP) is 1.23. The fraction of sp³-hybridized carbons (Fsp3) is 0.667. The van der Waals surface area contributed by atoms with Crippen molar-refractivity contribution in [2.24, 2.45) is 0 Å². The third-order valence-corrected chi connectivity index (χ3v) is 4.51. The normalized spacial score (nSPS) is 19.3. The molecule has 1 aromatic rings. The van der Waals surface area contributed by atoms with Gasteiger partial charge in [-0.1, -0.05) is 11.8 Å². The lowest BCUT2D eigenvalue weighted by molar-refractivity contribution is -0.143. The molecule has 1 fully saturated rings. The second-order valence-corrected chi connectivity index (χ2v) is 6.05. The van der Waals surface area contributed by atoms with Gasteiger partial charge in [-0.3, -0.25) is 10.1 Å². The van der Waals surface area contributed by atoms with Gasteiger partial charge < -0.3 is 5.11 Å². The smallest absolute Gasteiger partial charge is 0.324 e. The first-order valence-corrected chi connectivity index (χ1v) is 6.76. The lowest BCUT2D eigenvalue weighted by atomic mass is 10.1. The van der Waals surface area contributed by atoms with Crippen molar-refractivity contribution in [3.63, 3.8) is 0 Å². The molecule has 88 valence electrons. The van der Waals surface area contributed by atoms with Crippen molar-refractivity contribution in [3.05, 3.63) is 6.33 Å². The maximum absolute atomic E-state index is 11.2. The van der Waals surface area contributed by atoms with Gasteiger partial charge in [0.2, 0.25) is 0 Å². The molecular formula is C9H13N3O2S2. The molecule has 16 heavy (non-hydrogen) atoms. The van der Waals surface area contributed by atoms with Crippen molar-refractivity contribution in [1.82, 2.24) is 14.7 Å². The number of hydrogen-bond donors (Lipinski definition) is 2. The number of hydrogen-bond acceptors (Lipinski definition) is 6. The first kappa shape index (κ1) is 11.8. The number of nitrogens with one attached hydrogen (secondary N) is 1. The number of aliphatic carboxylic acids is 1. The molecule has 1 aromatic heterocycles. The number of carboxylic acids is 1. The number of thioether (sulfide) groups is 1. The summed E-state index contributed by atoms with van der Waals surface area (Å²) in [5, 5.41) is 12.4. The highest BCUT2D eigenvalue weighted by molar-refractivity contribution is 8.01. The monoisotopic (exact) mass is 259 g/mol. The number of carbonyl (C=O) groups is 1. The van der Waals surface area contributed by atoms with Crippen molar-refractivity contribution >= 4 is 29.3 Å². The second-order valence-electron chi connectivity index (χ2n) is 4.05. The fourth-order valence-electron chi connectivity index (χ4n) is 1.28. The van der Waals surface area contributed by atoms with E-state index in [0.717, 1.165) is 17.2 Å². The molecule has 0 aliphatic heterocycles. The second kappa shape index (κ2) is 4.68. The van der Waals surface area contributed by atoms with E-state index in [0.29, 0.717) is 11.8 Å². The summed E-state index contributed by atoms with van der Waals surface area (Å²) in [6.45, 7) is 1.72. The third-order valence-electron chi connectivity index (χ3n) is 2.40. The molecule has 1 saturated carbocycles. The van der Waals surface area contributed by atoms with Crippen LogP contribution in [0.5, 0.6) is 0 Å². The molecule has 0 bridgehead atoms. The van der Waals surface area contributed by atoms with Gasteiger partial charge >= 0.3 is 5.97 Å². The van der Waals surface area contributed by atoms with Gasteiger partial charge in [0.05, 0.1) is 0 Å². The summed E-state index contributed by atoms with van der Waals surface area (Å²) in [4.78, 5) is 15.3. The quantitative estimate of drug-likeness (QED) is 0.748. The Hall–Kier alpha value is -0.660. The zero-order chi connectivity index (χ0) is 11.6. The zero-order valence-electron chi connectivity index (χ0n) is 8.84. The molecule has 7 heteroatoms. The average molecular weight is 259 g/mol. The molecule has 1 atom stereocenters. The third kappa shape index (κ3) is 2.93. The zero-order valence-corrected chi connectivity index (χ0v) is 10.5.